The number of unbranched alkanes of at least 4 members (excludes halogenated alkanes) is 1. The zero-order valence-electron chi connectivity index (χ0n) is 23.7. The third-order valence-corrected chi connectivity index (χ3v) is 7.11. The van der Waals surface area contributed by atoms with Crippen molar-refractivity contribution < 1.29 is 4.74 Å². The lowest BCUT2D eigenvalue weighted by Gasteiger charge is -2.24. The van der Waals surface area contributed by atoms with Crippen molar-refractivity contribution in [2.24, 2.45) is 0 Å². The number of hydrogen-bond acceptors (Lipinski definition) is 3. The van der Waals surface area contributed by atoms with Crippen LogP contribution in [0.2, 0.25) is 0 Å². The molecule has 204 valence electrons. The van der Waals surface area contributed by atoms with Gasteiger partial charge in [-0.1, -0.05) is 111 Å². The smallest absolute Gasteiger partial charge is 0.140 e. The zero-order valence-corrected chi connectivity index (χ0v) is 23.7. The van der Waals surface area contributed by atoms with Gasteiger partial charge in [-0.3, -0.25) is 4.90 Å². The van der Waals surface area contributed by atoms with E-state index < -0.39 is 0 Å². The highest BCUT2D eigenvalue weighted by Gasteiger charge is 2.21. The molecule has 0 aliphatic rings. The van der Waals surface area contributed by atoms with Crippen LogP contribution in [-0.2, 0) is 19.6 Å². The van der Waals surface area contributed by atoms with E-state index in [1.165, 1.54) is 16.8 Å². The highest BCUT2D eigenvalue weighted by atomic mass is 16.5. The second-order valence-corrected chi connectivity index (χ2v) is 10.2. The Morgan fingerprint density at radius 3 is 1.88 bits per heavy atom. The van der Waals surface area contributed by atoms with E-state index in [4.69, 9.17) is 9.72 Å². The van der Waals surface area contributed by atoms with Gasteiger partial charge in [0.2, 0.25) is 0 Å². The number of benzene rings is 4. The molecule has 0 unspecified atom stereocenters. The van der Waals surface area contributed by atoms with Crippen LogP contribution in [-0.4, -0.2) is 21.0 Å². The highest BCUT2D eigenvalue weighted by molar-refractivity contribution is 5.68. The number of para-hydroxylation sites is 1. The maximum absolute atomic E-state index is 6.02. The van der Waals surface area contributed by atoms with Crippen molar-refractivity contribution in [1.82, 2.24) is 14.5 Å². The van der Waals surface area contributed by atoms with Crippen LogP contribution < -0.4 is 4.74 Å². The van der Waals surface area contributed by atoms with Gasteiger partial charge >= 0.3 is 0 Å². The molecule has 4 nitrogen and oxygen atoms in total. The first-order valence-corrected chi connectivity index (χ1v) is 14.5. The summed E-state index contributed by atoms with van der Waals surface area (Å²) in [6.07, 6.45) is 3.35. The van der Waals surface area contributed by atoms with Crippen molar-refractivity contribution in [3.63, 3.8) is 0 Å². The third-order valence-electron chi connectivity index (χ3n) is 7.11. The van der Waals surface area contributed by atoms with E-state index in [0.717, 1.165) is 74.0 Å². The second-order valence-electron chi connectivity index (χ2n) is 10.2. The van der Waals surface area contributed by atoms with Crippen molar-refractivity contribution in [1.29, 1.82) is 0 Å². The Balaban J connectivity index is 1.46. The van der Waals surface area contributed by atoms with E-state index in [-0.39, 0.29) is 0 Å². The van der Waals surface area contributed by atoms with Gasteiger partial charge in [0.25, 0.3) is 0 Å². The molecule has 1 heterocycles. The molecule has 40 heavy (non-hydrogen) atoms. The van der Waals surface area contributed by atoms with Crippen LogP contribution >= 0.6 is 0 Å². The minimum atomic E-state index is 0.837. The van der Waals surface area contributed by atoms with Crippen molar-refractivity contribution in [3.05, 3.63) is 127 Å². The summed E-state index contributed by atoms with van der Waals surface area (Å²) in [4.78, 5) is 7.84. The summed E-state index contributed by atoms with van der Waals surface area (Å²) < 4.78 is 8.49. The normalized spacial score (nSPS) is 11.2. The lowest BCUT2D eigenvalue weighted by Crippen LogP contribution is -2.25. The van der Waals surface area contributed by atoms with Crippen LogP contribution in [0.15, 0.2) is 115 Å². The van der Waals surface area contributed by atoms with Crippen LogP contribution in [0.5, 0.6) is 11.5 Å². The lowest BCUT2D eigenvalue weighted by molar-refractivity contribution is 0.250. The van der Waals surface area contributed by atoms with E-state index in [1.54, 1.807) is 0 Å². The quantitative estimate of drug-likeness (QED) is 0.152. The molecule has 0 spiro atoms. The van der Waals surface area contributed by atoms with Crippen molar-refractivity contribution >= 4 is 0 Å². The molecule has 0 amide bonds. The molecule has 4 aromatic carbocycles. The number of aromatic nitrogens is 2. The first-order valence-electron chi connectivity index (χ1n) is 14.5. The summed E-state index contributed by atoms with van der Waals surface area (Å²) in [7, 11) is 0. The standard InChI is InChI=1S/C36H39N3O/c1-3-5-26-39-34(35(30-15-9-6-10-16-30)37-36(39)31-17-11-7-12-18-31)28-38(25-4-2)27-29-21-23-33(24-22-29)40-32-19-13-8-14-20-32/h6-24H,3-5,25-28H2,1-2H3. The zero-order chi connectivity index (χ0) is 27.6. The maximum Gasteiger partial charge on any atom is 0.140 e. The number of imidazole rings is 1. The van der Waals surface area contributed by atoms with Gasteiger partial charge in [-0.05, 0) is 49.2 Å². The van der Waals surface area contributed by atoms with Crippen LogP contribution in [0.25, 0.3) is 22.6 Å². The predicted octanol–water partition coefficient (Wildman–Crippen LogP) is 9.22. The molecule has 0 aliphatic carbocycles. The summed E-state index contributed by atoms with van der Waals surface area (Å²) >= 11 is 0. The largest absolute Gasteiger partial charge is 0.457 e. The van der Waals surface area contributed by atoms with Crippen LogP contribution in [0, 0.1) is 0 Å². The Bertz CT molecular complexity index is 1450. The number of hydrogen-bond donors (Lipinski definition) is 0. The summed E-state index contributed by atoms with van der Waals surface area (Å²) in [5.74, 6) is 2.76. The Kier molecular flexibility index (Phi) is 9.44. The third kappa shape index (κ3) is 6.88. The minimum absolute atomic E-state index is 0.837. The monoisotopic (exact) mass is 529 g/mol. The first kappa shape index (κ1) is 27.4. The molecule has 1 aromatic heterocycles. The minimum Gasteiger partial charge on any atom is -0.457 e. The molecular weight excluding hydrogens is 490 g/mol. The Hall–Kier alpha value is -4.15. The molecule has 0 N–H and O–H groups in total. The molecule has 0 saturated carbocycles. The van der Waals surface area contributed by atoms with Crippen LogP contribution in [0.1, 0.15) is 44.4 Å². The Morgan fingerprint density at radius 1 is 0.650 bits per heavy atom. The lowest BCUT2D eigenvalue weighted by atomic mass is 10.1. The van der Waals surface area contributed by atoms with Gasteiger partial charge in [-0.2, -0.15) is 0 Å². The van der Waals surface area contributed by atoms with E-state index in [2.05, 4.69) is 108 Å². The summed E-state index contributed by atoms with van der Waals surface area (Å²) in [6, 6.07) is 39.7. The van der Waals surface area contributed by atoms with E-state index >= 15 is 0 Å². The fourth-order valence-corrected chi connectivity index (χ4v) is 5.13. The molecule has 0 radical (unpaired) electrons. The van der Waals surface area contributed by atoms with Gasteiger partial charge < -0.3 is 9.30 Å². The first-order chi connectivity index (χ1) is 19.7. The van der Waals surface area contributed by atoms with Gasteiger partial charge in [-0.25, -0.2) is 4.98 Å². The van der Waals surface area contributed by atoms with Crippen molar-refractivity contribution in [2.45, 2.75) is 52.7 Å². The molecule has 0 atom stereocenters. The number of ether oxygens (including phenoxy) is 1. The maximum atomic E-state index is 6.02. The summed E-state index contributed by atoms with van der Waals surface area (Å²) in [5, 5.41) is 0. The van der Waals surface area contributed by atoms with Gasteiger partial charge in [0.05, 0.1) is 11.4 Å². The van der Waals surface area contributed by atoms with Gasteiger partial charge in [-0.15, -0.1) is 0 Å². The molecule has 5 rings (SSSR count). The van der Waals surface area contributed by atoms with Gasteiger partial charge in [0.1, 0.15) is 17.3 Å². The topological polar surface area (TPSA) is 30.3 Å². The summed E-state index contributed by atoms with van der Waals surface area (Å²) in [5.41, 5.74) is 5.99. The molecule has 0 fully saturated rings. The van der Waals surface area contributed by atoms with E-state index in [9.17, 15) is 0 Å². The molecule has 0 aliphatic heterocycles. The molecule has 4 heteroatoms. The van der Waals surface area contributed by atoms with E-state index in [1.807, 2.05) is 30.3 Å². The van der Waals surface area contributed by atoms with Gasteiger partial charge in [0, 0.05) is 30.8 Å². The Morgan fingerprint density at radius 2 is 1.25 bits per heavy atom. The van der Waals surface area contributed by atoms with E-state index in [0.29, 0.717) is 0 Å². The van der Waals surface area contributed by atoms with Crippen LogP contribution in [0.4, 0.5) is 0 Å². The molecule has 0 saturated heterocycles. The molecular formula is C36H39N3O. The average Bonchev–Trinajstić information content (AvgIpc) is 3.36. The summed E-state index contributed by atoms with van der Waals surface area (Å²) in [6.45, 7) is 8.19. The second kappa shape index (κ2) is 13.8. The Labute approximate surface area is 238 Å². The highest BCUT2D eigenvalue weighted by Crippen LogP contribution is 2.31. The van der Waals surface area contributed by atoms with Crippen molar-refractivity contribution in [3.8, 4) is 34.1 Å². The number of nitrogens with zero attached hydrogens (tertiary/aromatic N) is 3. The van der Waals surface area contributed by atoms with Crippen molar-refractivity contribution in [2.75, 3.05) is 6.54 Å². The molecule has 5 aromatic rings. The fraction of sp³-hybridized carbons (Fsp3) is 0.250. The predicted molar refractivity (Wildman–Crippen MR) is 165 cm³/mol. The fourth-order valence-electron chi connectivity index (χ4n) is 5.13. The van der Waals surface area contributed by atoms with Gasteiger partial charge in [0.15, 0.2) is 0 Å². The number of rotatable bonds is 13. The SMILES string of the molecule is CCCCn1c(-c2ccccc2)nc(-c2ccccc2)c1CN(CCC)Cc1ccc(Oc2ccccc2)cc1. The average molecular weight is 530 g/mol. The molecule has 0 bridgehead atoms. The van der Waals surface area contributed by atoms with Crippen LogP contribution in [0.3, 0.4) is 0 Å².